The molecule has 0 fully saturated rings. The second kappa shape index (κ2) is 6.69. The van der Waals surface area contributed by atoms with Crippen molar-refractivity contribution in [1.82, 2.24) is 0 Å². The first-order chi connectivity index (χ1) is 14.2. The van der Waals surface area contributed by atoms with Gasteiger partial charge in [0.25, 0.3) is 0 Å². The molecule has 2 heterocycles. The number of nitrogens with one attached hydrogen (secondary N) is 1. The Balaban J connectivity index is 1.79. The summed E-state index contributed by atoms with van der Waals surface area (Å²) in [6, 6.07) is 6.32. The smallest absolute Gasteiger partial charge is 0.168 e. The third kappa shape index (κ3) is 3.05. The van der Waals surface area contributed by atoms with Gasteiger partial charge < -0.3 is 10.1 Å². The van der Waals surface area contributed by atoms with Gasteiger partial charge in [-0.3, -0.25) is 0 Å². The molecule has 0 radical (unpaired) electrons. The Morgan fingerprint density at radius 3 is 2.67 bits per heavy atom. The van der Waals surface area contributed by atoms with Crippen LogP contribution in [0.3, 0.4) is 0 Å². The van der Waals surface area contributed by atoms with Crippen molar-refractivity contribution in [3.8, 4) is 16.9 Å². The van der Waals surface area contributed by atoms with E-state index in [1.54, 1.807) is 0 Å². The van der Waals surface area contributed by atoms with Crippen LogP contribution in [0.25, 0.3) is 16.7 Å². The van der Waals surface area contributed by atoms with Crippen LogP contribution in [0.4, 0.5) is 14.5 Å². The first kappa shape index (κ1) is 19.3. The lowest BCUT2D eigenvalue weighted by Gasteiger charge is -2.39. The highest BCUT2D eigenvalue weighted by Crippen LogP contribution is 2.53. The summed E-state index contributed by atoms with van der Waals surface area (Å²) < 4.78 is 35.3. The fraction of sp³-hybridized carbons (Fsp3) is 0.385. The molecular formula is C26H27F2NO. The van der Waals surface area contributed by atoms with Gasteiger partial charge in [-0.15, -0.1) is 0 Å². The predicted molar refractivity (Wildman–Crippen MR) is 118 cm³/mol. The zero-order valence-corrected chi connectivity index (χ0v) is 17.9. The molecule has 0 saturated heterocycles. The predicted octanol–water partition coefficient (Wildman–Crippen LogP) is 7.42. The first-order valence-corrected chi connectivity index (χ1v) is 10.7. The number of rotatable bonds is 1. The summed E-state index contributed by atoms with van der Waals surface area (Å²) in [4.78, 5) is 0. The number of ether oxygens (including phenoxy) is 1. The van der Waals surface area contributed by atoms with Crippen LogP contribution in [0.15, 0.2) is 42.0 Å². The van der Waals surface area contributed by atoms with Crippen LogP contribution in [0, 0.1) is 17.6 Å². The molecule has 1 N–H and O–H groups in total. The number of anilines is 1. The van der Waals surface area contributed by atoms with E-state index in [1.165, 1.54) is 11.6 Å². The summed E-state index contributed by atoms with van der Waals surface area (Å²) in [5, 5.41) is 3.60. The molecule has 4 heteroatoms. The van der Waals surface area contributed by atoms with Gasteiger partial charge in [0.15, 0.2) is 11.6 Å². The molecule has 2 aliphatic heterocycles. The van der Waals surface area contributed by atoms with E-state index >= 15 is 0 Å². The Morgan fingerprint density at radius 1 is 1.10 bits per heavy atom. The lowest BCUT2D eigenvalue weighted by molar-refractivity contribution is 0.139. The maximum atomic E-state index is 14.8. The Kier molecular flexibility index (Phi) is 4.32. The summed E-state index contributed by atoms with van der Waals surface area (Å²) >= 11 is 0. The summed E-state index contributed by atoms with van der Waals surface area (Å²) in [6.07, 6.45) is 7.37. The number of halogens is 2. The fourth-order valence-corrected chi connectivity index (χ4v) is 5.43. The minimum Gasteiger partial charge on any atom is -0.481 e. The minimum atomic E-state index is -0.638. The van der Waals surface area contributed by atoms with E-state index < -0.39 is 11.6 Å². The van der Waals surface area contributed by atoms with Crippen molar-refractivity contribution < 1.29 is 13.5 Å². The maximum Gasteiger partial charge on any atom is 0.168 e. The lowest BCUT2D eigenvalue weighted by atomic mass is 9.76. The molecule has 2 aromatic rings. The Morgan fingerprint density at radius 2 is 1.90 bits per heavy atom. The van der Waals surface area contributed by atoms with Crippen molar-refractivity contribution in [3.63, 3.8) is 0 Å². The topological polar surface area (TPSA) is 21.3 Å². The van der Waals surface area contributed by atoms with E-state index in [2.05, 4.69) is 45.2 Å². The van der Waals surface area contributed by atoms with Crippen LogP contribution in [0.5, 0.6) is 5.75 Å². The third-order valence-electron chi connectivity index (χ3n) is 6.50. The van der Waals surface area contributed by atoms with E-state index in [4.69, 9.17) is 4.74 Å². The molecule has 156 valence electrons. The van der Waals surface area contributed by atoms with Gasteiger partial charge in [0.1, 0.15) is 11.9 Å². The van der Waals surface area contributed by atoms with Crippen LogP contribution in [-0.2, 0) is 0 Å². The SMILES string of the molecule is CC1=C[C@H]([C@H]2Oc3c(F)cc(F)cc3-c3ccc4c(c32)C(C)=CC(C)(C)N4)CCC1. The fourth-order valence-electron chi connectivity index (χ4n) is 5.43. The molecule has 2 atom stereocenters. The van der Waals surface area contributed by atoms with E-state index in [-0.39, 0.29) is 23.3 Å². The molecule has 5 rings (SSSR count). The molecule has 0 amide bonds. The van der Waals surface area contributed by atoms with Crippen LogP contribution >= 0.6 is 0 Å². The Hall–Kier alpha value is -2.62. The maximum absolute atomic E-state index is 14.8. The largest absolute Gasteiger partial charge is 0.481 e. The highest BCUT2D eigenvalue weighted by atomic mass is 19.1. The highest BCUT2D eigenvalue weighted by molar-refractivity contribution is 5.89. The summed E-state index contributed by atoms with van der Waals surface area (Å²) in [5.74, 6) is -0.904. The molecule has 30 heavy (non-hydrogen) atoms. The molecule has 0 unspecified atom stereocenters. The molecule has 0 spiro atoms. The van der Waals surface area contributed by atoms with Crippen molar-refractivity contribution in [3.05, 3.63) is 64.8 Å². The van der Waals surface area contributed by atoms with Crippen molar-refractivity contribution >= 4 is 11.3 Å². The van der Waals surface area contributed by atoms with Crippen molar-refractivity contribution in [2.75, 3.05) is 5.32 Å². The average molecular weight is 408 g/mol. The number of allylic oxidation sites excluding steroid dienone is 2. The van der Waals surface area contributed by atoms with Gasteiger partial charge in [-0.25, -0.2) is 8.78 Å². The number of hydrogen-bond donors (Lipinski definition) is 1. The molecule has 0 saturated carbocycles. The molecule has 0 bridgehead atoms. The second-order valence-corrected chi connectivity index (χ2v) is 9.50. The number of hydrogen-bond acceptors (Lipinski definition) is 2. The number of benzene rings is 2. The van der Waals surface area contributed by atoms with Crippen LogP contribution in [0.1, 0.15) is 64.2 Å². The first-order valence-electron chi connectivity index (χ1n) is 10.7. The van der Waals surface area contributed by atoms with E-state index in [1.807, 2.05) is 12.1 Å². The Labute approximate surface area is 176 Å². The van der Waals surface area contributed by atoms with E-state index in [9.17, 15) is 8.78 Å². The van der Waals surface area contributed by atoms with Crippen molar-refractivity contribution in [1.29, 1.82) is 0 Å². The quantitative estimate of drug-likeness (QED) is 0.497. The summed E-state index contributed by atoms with van der Waals surface area (Å²) in [5.41, 5.74) is 6.90. The molecule has 3 aliphatic rings. The van der Waals surface area contributed by atoms with Crippen molar-refractivity contribution in [2.45, 2.75) is 58.6 Å². The van der Waals surface area contributed by atoms with Gasteiger partial charge in [0.2, 0.25) is 0 Å². The van der Waals surface area contributed by atoms with Crippen molar-refractivity contribution in [2.24, 2.45) is 5.92 Å². The van der Waals surface area contributed by atoms with E-state index in [0.29, 0.717) is 5.56 Å². The third-order valence-corrected chi connectivity index (χ3v) is 6.50. The minimum absolute atomic E-state index is 0.157. The molecule has 2 nitrogen and oxygen atoms in total. The van der Waals surface area contributed by atoms with Gasteiger partial charge in [-0.2, -0.15) is 0 Å². The normalized spacial score (nSPS) is 23.8. The van der Waals surface area contributed by atoms with Gasteiger partial charge in [0, 0.05) is 34.4 Å². The number of fused-ring (bicyclic) bond motifs is 5. The van der Waals surface area contributed by atoms with Gasteiger partial charge in [0.05, 0.1) is 5.54 Å². The van der Waals surface area contributed by atoms with E-state index in [0.717, 1.165) is 53.3 Å². The van der Waals surface area contributed by atoms with Crippen LogP contribution < -0.4 is 10.1 Å². The van der Waals surface area contributed by atoms with Gasteiger partial charge >= 0.3 is 0 Å². The monoisotopic (exact) mass is 407 g/mol. The molecular weight excluding hydrogens is 380 g/mol. The zero-order valence-electron chi connectivity index (χ0n) is 17.9. The Bertz CT molecular complexity index is 1110. The van der Waals surface area contributed by atoms with Gasteiger partial charge in [-0.05, 0) is 70.2 Å². The molecule has 0 aromatic heterocycles. The summed E-state index contributed by atoms with van der Waals surface area (Å²) in [7, 11) is 0. The standard InChI is InChI=1S/C26H27F2NO/c1-14-6-5-7-16(10-14)24-23-18(19-11-17(27)12-20(28)25(19)30-24)8-9-21-22(23)15(2)13-26(3,4)29-21/h8-13,16,24,29H,5-7H2,1-4H3/t16-,24-/m1/s1. The average Bonchev–Trinajstić information content (AvgIpc) is 2.65. The van der Waals surface area contributed by atoms with Crippen LogP contribution in [-0.4, -0.2) is 5.54 Å². The highest BCUT2D eigenvalue weighted by Gasteiger charge is 2.38. The summed E-state index contributed by atoms with van der Waals surface area (Å²) in [6.45, 7) is 8.54. The molecule has 2 aromatic carbocycles. The zero-order chi connectivity index (χ0) is 21.2. The second-order valence-electron chi connectivity index (χ2n) is 9.50. The molecule has 1 aliphatic carbocycles. The van der Waals surface area contributed by atoms with Crippen LogP contribution in [0.2, 0.25) is 0 Å². The van der Waals surface area contributed by atoms with Gasteiger partial charge in [-0.1, -0.05) is 23.8 Å². The lowest BCUT2D eigenvalue weighted by Crippen LogP contribution is -2.33.